The number of rotatable bonds is 5. The molecule has 23 heavy (non-hydrogen) atoms. The number of aromatic amines is 1. The smallest absolute Gasteiger partial charge is 0.132 e. The predicted octanol–water partition coefficient (Wildman–Crippen LogP) is 5.84. The van der Waals surface area contributed by atoms with E-state index >= 15 is 0 Å². The van der Waals surface area contributed by atoms with Gasteiger partial charge in [-0.05, 0) is 61.6 Å². The first-order valence-corrected chi connectivity index (χ1v) is 8.65. The van der Waals surface area contributed by atoms with Crippen molar-refractivity contribution >= 4 is 0 Å². The Morgan fingerprint density at radius 3 is 2.74 bits per heavy atom. The summed E-state index contributed by atoms with van der Waals surface area (Å²) in [6.07, 6.45) is 6.85. The molecule has 1 aromatic heterocycles. The lowest BCUT2D eigenvalue weighted by Gasteiger charge is -2.43. The van der Waals surface area contributed by atoms with Gasteiger partial charge in [0.2, 0.25) is 0 Å². The van der Waals surface area contributed by atoms with Crippen molar-refractivity contribution in [2.45, 2.75) is 59.3 Å². The molecule has 1 aromatic carbocycles. The second-order valence-electron chi connectivity index (χ2n) is 8.08. The highest BCUT2D eigenvalue weighted by molar-refractivity contribution is 5.59. The zero-order valence-corrected chi connectivity index (χ0v) is 14.6. The lowest BCUT2D eigenvalue weighted by molar-refractivity contribution is 0.0867. The van der Waals surface area contributed by atoms with Crippen LogP contribution in [0, 0.1) is 24.1 Å². The number of hydrogen-bond acceptors (Lipinski definition) is 1. The van der Waals surface area contributed by atoms with Crippen LogP contribution in [0.3, 0.4) is 0 Å². The van der Waals surface area contributed by atoms with Crippen molar-refractivity contribution in [3.05, 3.63) is 41.6 Å². The molecule has 1 N–H and O–H groups in total. The van der Waals surface area contributed by atoms with Crippen LogP contribution in [0.1, 0.15) is 63.8 Å². The Morgan fingerprint density at radius 2 is 2.09 bits per heavy atom. The predicted molar refractivity (Wildman–Crippen MR) is 92.9 cm³/mol. The summed E-state index contributed by atoms with van der Waals surface area (Å²) >= 11 is 0. The van der Waals surface area contributed by atoms with Crippen LogP contribution >= 0.6 is 0 Å². The molecule has 3 heteroatoms. The summed E-state index contributed by atoms with van der Waals surface area (Å²) in [6.45, 7) is 8.80. The van der Waals surface area contributed by atoms with Gasteiger partial charge in [-0.15, -0.1) is 0 Å². The first kappa shape index (κ1) is 16.2. The molecule has 1 unspecified atom stereocenters. The average molecular weight is 314 g/mol. The van der Waals surface area contributed by atoms with E-state index in [1.165, 1.54) is 19.3 Å². The number of aryl methyl sites for hydroxylation is 1. The molecule has 1 fully saturated rings. The van der Waals surface area contributed by atoms with Crippen LogP contribution in [0.15, 0.2) is 24.4 Å². The molecule has 0 radical (unpaired) electrons. The zero-order chi connectivity index (χ0) is 16.6. The van der Waals surface area contributed by atoms with Crippen molar-refractivity contribution < 1.29 is 4.39 Å². The molecule has 1 heterocycles. The summed E-state index contributed by atoms with van der Waals surface area (Å²) in [5, 5.41) is 0. The molecule has 2 aromatic rings. The van der Waals surface area contributed by atoms with Gasteiger partial charge >= 0.3 is 0 Å². The number of H-pyrrole nitrogens is 1. The molecule has 2 nitrogen and oxygen atoms in total. The van der Waals surface area contributed by atoms with E-state index in [-0.39, 0.29) is 5.82 Å². The average Bonchev–Trinajstić information content (AvgIpc) is 2.92. The van der Waals surface area contributed by atoms with E-state index < -0.39 is 0 Å². The number of imidazole rings is 1. The Morgan fingerprint density at radius 1 is 1.35 bits per heavy atom. The molecular formula is C20H27FN2. The van der Waals surface area contributed by atoms with Crippen LogP contribution in [0.2, 0.25) is 0 Å². The summed E-state index contributed by atoms with van der Waals surface area (Å²) in [5.41, 5.74) is 2.86. The van der Waals surface area contributed by atoms with Gasteiger partial charge in [-0.25, -0.2) is 9.37 Å². The molecule has 0 saturated heterocycles. The fraction of sp³-hybridized carbons (Fsp3) is 0.550. The summed E-state index contributed by atoms with van der Waals surface area (Å²) < 4.78 is 14.1. The van der Waals surface area contributed by atoms with Gasteiger partial charge in [-0.3, -0.25) is 0 Å². The quantitative estimate of drug-likeness (QED) is 0.737. The highest BCUT2D eigenvalue weighted by Crippen LogP contribution is 2.47. The third-order valence-corrected chi connectivity index (χ3v) is 5.17. The van der Waals surface area contributed by atoms with Crippen LogP contribution in [0.5, 0.6) is 0 Å². The Balaban J connectivity index is 1.62. The molecule has 3 rings (SSSR count). The minimum Gasteiger partial charge on any atom is -0.342 e. The van der Waals surface area contributed by atoms with Crippen LogP contribution < -0.4 is 0 Å². The lowest BCUT2D eigenvalue weighted by atomic mass is 9.63. The number of halogens is 1. The topological polar surface area (TPSA) is 28.7 Å². The molecule has 1 atom stereocenters. The van der Waals surface area contributed by atoms with E-state index in [1.807, 2.05) is 19.1 Å². The van der Waals surface area contributed by atoms with Crippen molar-refractivity contribution in [2.75, 3.05) is 0 Å². The summed E-state index contributed by atoms with van der Waals surface area (Å²) in [7, 11) is 0. The molecular weight excluding hydrogens is 287 g/mol. The largest absolute Gasteiger partial charge is 0.342 e. The molecule has 0 spiro atoms. The van der Waals surface area contributed by atoms with E-state index in [0.29, 0.717) is 16.9 Å². The van der Waals surface area contributed by atoms with E-state index in [4.69, 9.17) is 0 Å². The fourth-order valence-corrected chi connectivity index (χ4v) is 3.89. The Kier molecular flexibility index (Phi) is 4.31. The molecule has 124 valence electrons. The zero-order valence-electron chi connectivity index (χ0n) is 14.6. The molecule has 1 saturated carbocycles. The van der Waals surface area contributed by atoms with E-state index in [9.17, 15) is 4.39 Å². The molecule has 1 aliphatic carbocycles. The van der Waals surface area contributed by atoms with Crippen molar-refractivity contribution in [2.24, 2.45) is 11.3 Å². The third-order valence-electron chi connectivity index (χ3n) is 5.17. The highest BCUT2D eigenvalue weighted by atomic mass is 19.1. The standard InChI is InChI=1S/C20H27FN2/c1-13-5-8-16(17(21)9-13)18-12-22-19(23-18)14(2)6-7-15-10-20(3,4)11-15/h5,8-9,12,14-15H,6-7,10-11H2,1-4H3,(H,22,23). The summed E-state index contributed by atoms with van der Waals surface area (Å²) in [5.74, 6) is 2.04. The Hall–Kier alpha value is -1.64. The van der Waals surface area contributed by atoms with E-state index in [2.05, 4.69) is 30.7 Å². The summed E-state index contributed by atoms with van der Waals surface area (Å²) in [6, 6.07) is 5.32. The second kappa shape index (κ2) is 6.10. The van der Waals surface area contributed by atoms with Gasteiger partial charge in [-0.2, -0.15) is 0 Å². The summed E-state index contributed by atoms with van der Waals surface area (Å²) in [4.78, 5) is 7.80. The van der Waals surface area contributed by atoms with E-state index in [1.54, 1.807) is 12.3 Å². The molecule has 0 aliphatic heterocycles. The van der Waals surface area contributed by atoms with Gasteiger partial charge in [0.1, 0.15) is 11.6 Å². The molecule has 1 aliphatic rings. The lowest BCUT2D eigenvalue weighted by Crippen LogP contribution is -2.31. The maximum atomic E-state index is 14.1. The molecule has 0 bridgehead atoms. The normalized spacial score (nSPS) is 18.7. The van der Waals surface area contributed by atoms with Crippen molar-refractivity contribution in [3.8, 4) is 11.3 Å². The van der Waals surface area contributed by atoms with Gasteiger partial charge < -0.3 is 4.98 Å². The number of aromatic nitrogens is 2. The monoisotopic (exact) mass is 314 g/mol. The van der Waals surface area contributed by atoms with Gasteiger partial charge in [0.25, 0.3) is 0 Å². The number of hydrogen-bond donors (Lipinski definition) is 1. The number of benzene rings is 1. The highest BCUT2D eigenvalue weighted by Gasteiger charge is 2.35. The van der Waals surface area contributed by atoms with Crippen molar-refractivity contribution in [1.29, 1.82) is 0 Å². The molecule has 0 amide bonds. The van der Waals surface area contributed by atoms with Gasteiger partial charge in [0.05, 0.1) is 11.9 Å². The second-order valence-corrected chi connectivity index (χ2v) is 8.08. The maximum absolute atomic E-state index is 14.1. The van der Waals surface area contributed by atoms with Gasteiger partial charge in [-0.1, -0.05) is 26.8 Å². The van der Waals surface area contributed by atoms with Gasteiger partial charge in [0.15, 0.2) is 0 Å². The Bertz CT molecular complexity index is 679. The van der Waals surface area contributed by atoms with Crippen LogP contribution in [0.4, 0.5) is 4.39 Å². The number of nitrogens with zero attached hydrogens (tertiary/aromatic N) is 1. The van der Waals surface area contributed by atoms with E-state index in [0.717, 1.165) is 29.4 Å². The Labute approximate surface area is 138 Å². The fourth-order valence-electron chi connectivity index (χ4n) is 3.89. The van der Waals surface area contributed by atoms with Crippen LogP contribution in [0.25, 0.3) is 11.3 Å². The maximum Gasteiger partial charge on any atom is 0.132 e. The third kappa shape index (κ3) is 3.65. The van der Waals surface area contributed by atoms with Crippen molar-refractivity contribution in [3.63, 3.8) is 0 Å². The van der Waals surface area contributed by atoms with Gasteiger partial charge in [0, 0.05) is 11.5 Å². The minimum absolute atomic E-state index is 0.190. The number of nitrogens with one attached hydrogen (secondary N) is 1. The van der Waals surface area contributed by atoms with Crippen molar-refractivity contribution in [1.82, 2.24) is 9.97 Å². The van der Waals surface area contributed by atoms with Crippen LogP contribution in [-0.2, 0) is 0 Å². The first-order chi connectivity index (χ1) is 10.8. The minimum atomic E-state index is -0.190. The van der Waals surface area contributed by atoms with Crippen LogP contribution in [-0.4, -0.2) is 9.97 Å². The SMILES string of the molecule is Cc1ccc(-c2cnc(C(C)CCC3CC(C)(C)C3)[nH]2)c(F)c1. The first-order valence-electron chi connectivity index (χ1n) is 8.65.